The highest BCUT2D eigenvalue weighted by atomic mass is 16.5. The number of hydrogen-bond donors (Lipinski definition) is 0. The number of hydrogen-bond acceptors (Lipinski definition) is 2. The number of rotatable bonds is 13. The zero-order chi connectivity index (χ0) is 22.6. The van der Waals surface area contributed by atoms with Gasteiger partial charge in [0.25, 0.3) is 0 Å². The number of carbonyl (C=O) groups excluding carboxylic acids is 1. The van der Waals surface area contributed by atoms with Crippen LogP contribution in [0.15, 0.2) is 121 Å². The lowest BCUT2D eigenvalue weighted by Crippen LogP contribution is -2.07. The summed E-state index contributed by atoms with van der Waals surface area (Å²) in [6, 6.07) is 0. The Hall–Kier alpha value is -3.13. The summed E-state index contributed by atoms with van der Waals surface area (Å²) in [4.78, 5) is 11.7. The molecule has 0 fully saturated rings. The molecule has 0 heterocycles. The van der Waals surface area contributed by atoms with E-state index < -0.39 is 5.97 Å². The van der Waals surface area contributed by atoms with Gasteiger partial charge in [-0.25, -0.2) is 4.79 Å². The van der Waals surface area contributed by atoms with Crippen LogP contribution in [0.2, 0.25) is 0 Å². The Kier molecular flexibility index (Phi) is 11.7. The molecule has 0 aromatic heterocycles. The summed E-state index contributed by atoms with van der Waals surface area (Å²) < 4.78 is 5.24. The predicted molar refractivity (Wildman–Crippen MR) is 128 cm³/mol. The summed E-state index contributed by atoms with van der Waals surface area (Å²) in [5, 5.41) is 0. The van der Waals surface area contributed by atoms with Crippen LogP contribution in [0.5, 0.6) is 0 Å². The molecule has 0 aromatic rings. The molecule has 2 heteroatoms. The van der Waals surface area contributed by atoms with E-state index in [1.54, 1.807) is 6.92 Å². The highest BCUT2D eigenvalue weighted by molar-refractivity contribution is 5.86. The van der Waals surface area contributed by atoms with Crippen molar-refractivity contribution in [2.24, 2.45) is 0 Å². The molecular weight excluding hydrogens is 356 g/mol. The SMILES string of the molecule is C=C(C)/C=C\C(=C)C(=C)/C=C(/CCOC(=O)C(=C)C)C(=C)C(=C)/C=C\C(=C)CC. The first kappa shape index (κ1) is 25.9. The Balaban J connectivity index is 5.54. The minimum absolute atomic E-state index is 0.205. The number of ether oxygens (including phenoxy) is 1. The van der Waals surface area contributed by atoms with Gasteiger partial charge in [0.15, 0.2) is 0 Å². The van der Waals surface area contributed by atoms with Crippen molar-refractivity contribution in [1.29, 1.82) is 0 Å². The summed E-state index contributed by atoms with van der Waals surface area (Å²) in [6.45, 7) is 33.6. The van der Waals surface area contributed by atoms with Crippen LogP contribution in [0, 0.1) is 0 Å². The zero-order valence-corrected chi connectivity index (χ0v) is 18.3. The highest BCUT2D eigenvalue weighted by Gasteiger charge is 2.09. The lowest BCUT2D eigenvalue weighted by molar-refractivity contribution is -0.138. The van der Waals surface area contributed by atoms with Crippen LogP contribution in [-0.2, 0) is 9.53 Å². The second kappa shape index (κ2) is 13.1. The molecule has 0 radical (unpaired) electrons. The lowest BCUT2D eigenvalue weighted by atomic mass is 9.94. The van der Waals surface area contributed by atoms with Gasteiger partial charge in [0, 0.05) is 12.0 Å². The molecule has 0 amide bonds. The maximum Gasteiger partial charge on any atom is 0.333 e. The molecule has 0 unspecified atom stereocenters. The van der Waals surface area contributed by atoms with Gasteiger partial charge in [0.05, 0.1) is 6.61 Å². The van der Waals surface area contributed by atoms with Crippen molar-refractivity contribution >= 4 is 5.97 Å². The second-order valence-corrected chi connectivity index (χ2v) is 6.91. The molecule has 154 valence electrons. The van der Waals surface area contributed by atoms with E-state index >= 15 is 0 Å². The summed E-state index contributed by atoms with van der Waals surface area (Å²) in [7, 11) is 0. The summed E-state index contributed by atoms with van der Waals surface area (Å²) >= 11 is 0. The molecular formula is C27H34O2. The molecule has 0 saturated carbocycles. The van der Waals surface area contributed by atoms with Crippen molar-refractivity contribution in [2.45, 2.75) is 33.6 Å². The maximum absolute atomic E-state index is 11.7. The molecule has 0 aliphatic heterocycles. The van der Waals surface area contributed by atoms with Crippen molar-refractivity contribution < 1.29 is 9.53 Å². The van der Waals surface area contributed by atoms with Crippen LogP contribution in [0.25, 0.3) is 0 Å². The second-order valence-electron chi connectivity index (χ2n) is 6.91. The third-order valence-corrected chi connectivity index (χ3v) is 4.03. The van der Waals surface area contributed by atoms with Crippen LogP contribution >= 0.6 is 0 Å². The molecule has 0 saturated heterocycles. The van der Waals surface area contributed by atoms with Gasteiger partial charge in [-0.05, 0) is 48.1 Å². The summed E-state index contributed by atoms with van der Waals surface area (Å²) in [5.74, 6) is -0.416. The average molecular weight is 391 g/mol. The van der Waals surface area contributed by atoms with Gasteiger partial charge in [0.2, 0.25) is 0 Å². The maximum atomic E-state index is 11.7. The Morgan fingerprint density at radius 2 is 1.41 bits per heavy atom. The molecule has 2 nitrogen and oxygen atoms in total. The molecule has 0 aromatic carbocycles. The fourth-order valence-corrected chi connectivity index (χ4v) is 1.98. The van der Waals surface area contributed by atoms with E-state index in [0.29, 0.717) is 12.0 Å². The van der Waals surface area contributed by atoms with E-state index in [1.807, 2.05) is 44.2 Å². The van der Waals surface area contributed by atoms with Gasteiger partial charge in [-0.15, -0.1) is 0 Å². The van der Waals surface area contributed by atoms with Gasteiger partial charge in [-0.3, -0.25) is 0 Å². The third-order valence-electron chi connectivity index (χ3n) is 4.03. The molecule has 29 heavy (non-hydrogen) atoms. The molecule has 0 rings (SSSR count). The van der Waals surface area contributed by atoms with E-state index in [2.05, 4.69) is 46.1 Å². The number of esters is 1. The van der Waals surface area contributed by atoms with Gasteiger partial charge < -0.3 is 4.74 Å². The first-order chi connectivity index (χ1) is 13.5. The molecule has 0 bridgehead atoms. The first-order valence-electron chi connectivity index (χ1n) is 9.48. The fourth-order valence-electron chi connectivity index (χ4n) is 1.98. The fraction of sp³-hybridized carbons (Fsp3) is 0.222. The van der Waals surface area contributed by atoms with Crippen LogP contribution in [0.3, 0.4) is 0 Å². The monoisotopic (exact) mass is 390 g/mol. The minimum Gasteiger partial charge on any atom is -0.462 e. The summed E-state index contributed by atoms with van der Waals surface area (Å²) in [6.07, 6.45) is 10.8. The largest absolute Gasteiger partial charge is 0.462 e. The molecule has 0 aliphatic carbocycles. The molecule has 0 spiro atoms. The van der Waals surface area contributed by atoms with Crippen molar-refractivity contribution in [3.05, 3.63) is 121 Å². The van der Waals surface area contributed by atoms with Gasteiger partial charge in [-0.2, -0.15) is 0 Å². The van der Waals surface area contributed by atoms with Gasteiger partial charge >= 0.3 is 5.97 Å². The Morgan fingerprint density at radius 1 is 0.828 bits per heavy atom. The van der Waals surface area contributed by atoms with Gasteiger partial charge in [0.1, 0.15) is 0 Å². The average Bonchev–Trinajstić information content (AvgIpc) is 2.67. The Morgan fingerprint density at radius 3 is 1.93 bits per heavy atom. The van der Waals surface area contributed by atoms with E-state index in [9.17, 15) is 4.79 Å². The third kappa shape index (κ3) is 10.7. The lowest BCUT2D eigenvalue weighted by Gasteiger charge is -2.14. The van der Waals surface area contributed by atoms with Gasteiger partial charge in [-0.1, -0.05) is 94.5 Å². The van der Waals surface area contributed by atoms with E-state index in [0.717, 1.165) is 45.4 Å². The Bertz CT molecular complexity index is 823. The predicted octanol–water partition coefficient (Wildman–Crippen LogP) is 7.30. The summed E-state index contributed by atoms with van der Waals surface area (Å²) in [5.41, 5.74) is 6.16. The quantitative estimate of drug-likeness (QED) is 0.187. The van der Waals surface area contributed by atoms with E-state index in [-0.39, 0.29) is 6.61 Å². The van der Waals surface area contributed by atoms with Crippen molar-refractivity contribution in [3.8, 4) is 0 Å². The van der Waals surface area contributed by atoms with Crippen LogP contribution in [-0.4, -0.2) is 12.6 Å². The Labute approximate surface area is 177 Å². The van der Waals surface area contributed by atoms with Crippen LogP contribution < -0.4 is 0 Å². The van der Waals surface area contributed by atoms with Crippen LogP contribution in [0.4, 0.5) is 0 Å². The van der Waals surface area contributed by atoms with Crippen molar-refractivity contribution in [1.82, 2.24) is 0 Å². The standard InChI is InChI=1S/C27H34O2/c1-11-21(6)13-15-23(8)25(10)26(16-17-29-27(28)20(4)5)18-24(9)22(7)14-12-19(2)3/h12-15,18H,2,4,6-11,16-17H2,1,3,5H3/b14-12-,15-13-,26-18-. The normalized spacial score (nSPS) is 11.3. The molecule has 0 aliphatic rings. The first-order valence-corrected chi connectivity index (χ1v) is 9.48. The van der Waals surface area contributed by atoms with Crippen LogP contribution in [0.1, 0.15) is 33.6 Å². The molecule has 0 N–H and O–H groups in total. The van der Waals surface area contributed by atoms with E-state index in [1.165, 1.54) is 0 Å². The molecule has 0 atom stereocenters. The highest BCUT2D eigenvalue weighted by Crippen LogP contribution is 2.24. The van der Waals surface area contributed by atoms with E-state index in [4.69, 9.17) is 4.74 Å². The zero-order valence-electron chi connectivity index (χ0n) is 18.3. The number of allylic oxidation sites excluding steroid dienone is 11. The smallest absolute Gasteiger partial charge is 0.333 e. The topological polar surface area (TPSA) is 26.3 Å². The van der Waals surface area contributed by atoms with Crippen molar-refractivity contribution in [3.63, 3.8) is 0 Å². The number of carbonyl (C=O) groups is 1. The van der Waals surface area contributed by atoms with Crippen molar-refractivity contribution in [2.75, 3.05) is 6.61 Å². The minimum atomic E-state index is -0.416.